The fourth-order valence-corrected chi connectivity index (χ4v) is 3.20. The normalized spacial score (nSPS) is 18.1. The first-order valence-corrected chi connectivity index (χ1v) is 8.10. The number of fused-ring (bicyclic) bond motifs is 1. The van der Waals surface area contributed by atoms with Crippen LogP contribution in [0.4, 0.5) is 0 Å². The number of hydrogen-bond acceptors (Lipinski definition) is 6. The molecule has 0 N–H and O–H groups in total. The van der Waals surface area contributed by atoms with Crippen molar-refractivity contribution in [1.82, 2.24) is 4.90 Å². The quantitative estimate of drug-likeness (QED) is 0.776. The molecule has 2 aliphatic heterocycles. The van der Waals surface area contributed by atoms with Crippen molar-refractivity contribution >= 4 is 17.5 Å². The van der Waals surface area contributed by atoms with E-state index < -0.39 is 0 Å². The van der Waals surface area contributed by atoms with Gasteiger partial charge in [-0.3, -0.25) is 9.69 Å². The Balaban J connectivity index is 1.65. The molecule has 0 radical (unpaired) electrons. The second-order valence-corrected chi connectivity index (χ2v) is 6.02. The number of thioether (sulfide) groups is 1. The molecule has 0 unspecified atom stereocenters. The molecule has 5 nitrogen and oxygen atoms in total. The lowest BCUT2D eigenvalue weighted by atomic mass is 10.1. The average molecular weight is 309 g/mol. The number of carbonyl (C=O) groups excluding carboxylic acids is 1. The van der Waals surface area contributed by atoms with Crippen LogP contribution in [0.1, 0.15) is 17.3 Å². The summed E-state index contributed by atoms with van der Waals surface area (Å²) < 4.78 is 16.7. The summed E-state index contributed by atoms with van der Waals surface area (Å²) in [6.45, 7) is 6.40. The number of rotatable bonds is 5. The molecule has 1 fully saturated rings. The lowest BCUT2D eigenvalue weighted by Crippen LogP contribution is -2.38. The Kier molecular flexibility index (Phi) is 4.67. The molecule has 2 aliphatic rings. The summed E-state index contributed by atoms with van der Waals surface area (Å²) in [6.07, 6.45) is 0. The molecular formula is C15H19NO4S. The zero-order valence-electron chi connectivity index (χ0n) is 12.1. The van der Waals surface area contributed by atoms with Crippen molar-refractivity contribution in [3.05, 3.63) is 17.7 Å². The molecule has 0 amide bonds. The van der Waals surface area contributed by atoms with Crippen molar-refractivity contribution in [3.8, 4) is 11.5 Å². The van der Waals surface area contributed by atoms with Crippen molar-refractivity contribution in [1.29, 1.82) is 0 Å². The van der Waals surface area contributed by atoms with E-state index in [4.69, 9.17) is 14.2 Å². The van der Waals surface area contributed by atoms with E-state index in [1.165, 1.54) is 0 Å². The molecule has 3 rings (SSSR count). The van der Waals surface area contributed by atoms with Crippen molar-refractivity contribution < 1.29 is 19.0 Å². The molecule has 0 aromatic heterocycles. The van der Waals surface area contributed by atoms with E-state index in [0.29, 0.717) is 23.9 Å². The molecule has 1 aromatic rings. The SMILES string of the molecule is CC(=O)c1cc2c(cc1OCCN1CCOCC1)OCS2. The first kappa shape index (κ1) is 14.7. The van der Waals surface area contributed by atoms with E-state index in [2.05, 4.69) is 4.90 Å². The van der Waals surface area contributed by atoms with E-state index in [9.17, 15) is 4.79 Å². The van der Waals surface area contributed by atoms with E-state index in [1.54, 1.807) is 18.7 Å². The molecule has 2 heterocycles. The summed E-state index contributed by atoms with van der Waals surface area (Å²) in [5, 5.41) is 0. The number of benzene rings is 1. The van der Waals surface area contributed by atoms with Crippen molar-refractivity contribution in [3.63, 3.8) is 0 Å². The highest BCUT2D eigenvalue weighted by Crippen LogP contribution is 2.40. The topological polar surface area (TPSA) is 48.0 Å². The molecule has 0 atom stereocenters. The largest absolute Gasteiger partial charge is 0.491 e. The Morgan fingerprint density at radius 1 is 1.38 bits per heavy atom. The number of ether oxygens (including phenoxy) is 3. The van der Waals surface area contributed by atoms with E-state index in [-0.39, 0.29) is 5.78 Å². The summed E-state index contributed by atoms with van der Waals surface area (Å²) in [7, 11) is 0. The third kappa shape index (κ3) is 3.51. The monoisotopic (exact) mass is 309 g/mol. The molecular weight excluding hydrogens is 290 g/mol. The second-order valence-electron chi connectivity index (χ2n) is 5.06. The van der Waals surface area contributed by atoms with Gasteiger partial charge in [0.15, 0.2) is 5.78 Å². The third-order valence-corrected chi connectivity index (χ3v) is 4.49. The fraction of sp³-hybridized carbons (Fsp3) is 0.533. The van der Waals surface area contributed by atoms with Gasteiger partial charge in [0.2, 0.25) is 0 Å². The van der Waals surface area contributed by atoms with Crippen LogP contribution in [-0.2, 0) is 4.74 Å². The molecule has 1 saturated heterocycles. The van der Waals surface area contributed by atoms with Crippen LogP contribution in [0.15, 0.2) is 17.0 Å². The van der Waals surface area contributed by atoms with Gasteiger partial charge in [0.1, 0.15) is 24.0 Å². The average Bonchev–Trinajstić information content (AvgIpc) is 2.94. The Morgan fingerprint density at radius 3 is 2.95 bits per heavy atom. The van der Waals surface area contributed by atoms with E-state index >= 15 is 0 Å². The zero-order valence-corrected chi connectivity index (χ0v) is 12.9. The van der Waals surface area contributed by atoms with Crippen LogP contribution in [0, 0.1) is 0 Å². The second kappa shape index (κ2) is 6.68. The molecule has 21 heavy (non-hydrogen) atoms. The van der Waals surface area contributed by atoms with Gasteiger partial charge in [0.05, 0.1) is 23.7 Å². The van der Waals surface area contributed by atoms with Gasteiger partial charge in [0, 0.05) is 25.7 Å². The van der Waals surface area contributed by atoms with Crippen molar-refractivity contribution in [2.24, 2.45) is 0 Å². The standard InChI is InChI=1S/C15H19NO4S/c1-11(17)12-8-15-14(20-10-21-15)9-13(12)19-7-4-16-2-5-18-6-3-16/h8-9H,2-7,10H2,1H3. The Hall–Kier alpha value is -1.24. The van der Waals surface area contributed by atoms with Crippen LogP contribution in [0.5, 0.6) is 11.5 Å². The predicted octanol–water partition coefficient (Wildman–Crippen LogP) is 2.04. The minimum absolute atomic E-state index is 0.0201. The lowest BCUT2D eigenvalue weighted by molar-refractivity contribution is 0.0322. The van der Waals surface area contributed by atoms with Gasteiger partial charge < -0.3 is 14.2 Å². The summed E-state index contributed by atoms with van der Waals surface area (Å²) in [5.74, 6) is 2.05. The zero-order chi connectivity index (χ0) is 14.7. The maximum Gasteiger partial charge on any atom is 0.163 e. The first-order valence-electron chi connectivity index (χ1n) is 7.11. The Bertz CT molecular complexity index is 529. The number of carbonyl (C=O) groups is 1. The first-order chi connectivity index (χ1) is 10.2. The molecule has 0 spiro atoms. The van der Waals surface area contributed by atoms with Crippen LogP contribution in [0.3, 0.4) is 0 Å². The van der Waals surface area contributed by atoms with Crippen LogP contribution >= 0.6 is 11.8 Å². The molecule has 0 bridgehead atoms. The van der Waals surface area contributed by atoms with Crippen LogP contribution < -0.4 is 9.47 Å². The van der Waals surface area contributed by atoms with Crippen molar-refractivity contribution in [2.75, 3.05) is 45.4 Å². The Morgan fingerprint density at radius 2 is 2.19 bits per heavy atom. The minimum atomic E-state index is 0.0201. The van der Waals surface area contributed by atoms with Gasteiger partial charge in [-0.05, 0) is 13.0 Å². The van der Waals surface area contributed by atoms with E-state index in [0.717, 1.165) is 43.5 Å². The van der Waals surface area contributed by atoms with Crippen LogP contribution in [-0.4, -0.2) is 56.1 Å². The van der Waals surface area contributed by atoms with Gasteiger partial charge in [-0.25, -0.2) is 0 Å². The summed E-state index contributed by atoms with van der Waals surface area (Å²) in [4.78, 5) is 15.1. The number of hydrogen-bond donors (Lipinski definition) is 0. The van der Waals surface area contributed by atoms with Gasteiger partial charge in [-0.1, -0.05) is 11.8 Å². The highest BCUT2D eigenvalue weighted by molar-refractivity contribution is 7.99. The predicted molar refractivity (Wildman–Crippen MR) is 80.6 cm³/mol. The number of nitrogens with zero attached hydrogens (tertiary/aromatic N) is 1. The maximum atomic E-state index is 11.8. The fourth-order valence-electron chi connectivity index (χ4n) is 2.43. The summed E-state index contributed by atoms with van der Waals surface area (Å²) in [5.41, 5.74) is 0.633. The maximum absolute atomic E-state index is 11.8. The van der Waals surface area contributed by atoms with Gasteiger partial charge in [-0.2, -0.15) is 0 Å². The van der Waals surface area contributed by atoms with Crippen LogP contribution in [0.2, 0.25) is 0 Å². The molecule has 6 heteroatoms. The summed E-state index contributed by atoms with van der Waals surface area (Å²) >= 11 is 1.60. The molecule has 0 saturated carbocycles. The van der Waals surface area contributed by atoms with E-state index in [1.807, 2.05) is 12.1 Å². The van der Waals surface area contributed by atoms with Gasteiger partial charge in [0.25, 0.3) is 0 Å². The molecule has 114 valence electrons. The van der Waals surface area contributed by atoms with Crippen LogP contribution in [0.25, 0.3) is 0 Å². The highest BCUT2D eigenvalue weighted by Gasteiger charge is 2.20. The minimum Gasteiger partial charge on any atom is -0.491 e. The smallest absolute Gasteiger partial charge is 0.163 e. The lowest BCUT2D eigenvalue weighted by Gasteiger charge is -2.26. The van der Waals surface area contributed by atoms with Crippen molar-refractivity contribution in [2.45, 2.75) is 11.8 Å². The molecule has 0 aliphatic carbocycles. The van der Waals surface area contributed by atoms with Gasteiger partial charge >= 0.3 is 0 Å². The third-order valence-electron chi connectivity index (χ3n) is 3.62. The molecule has 1 aromatic carbocycles. The summed E-state index contributed by atoms with van der Waals surface area (Å²) in [6, 6.07) is 3.71. The number of morpholine rings is 1. The number of Topliss-reactive ketones (excluding diaryl/α,β-unsaturated/α-hetero) is 1. The Labute approximate surface area is 128 Å². The number of ketones is 1. The highest BCUT2D eigenvalue weighted by atomic mass is 32.2. The van der Waals surface area contributed by atoms with Gasteiger partial charge in [-0.15, -0.1) is 0 Å².